The summed E-state index contributed by atoms with van der Waals surface area (Å²) in [4.78, 5) is 23.9. The smallest absolute Gasteiger partial charge is 0.307 e. The predicted octanol–water partition coefficient (Wildman–Crippen LogP) is 3.93. The van der Waals surface area contributed by atoms with E-state index in [-0.39, 0.29) is 38.1 Å². The second kappa shape index (κ2) is 23.0. The van der Waals surface area contributed by atoms with Crippen LogP contribution in [0.15, 0.2) is 12.2 Å². The summed E-state index contributed by atoms with van der Waals surface area (Å²) in [7, 11) is 0. The summed E-state index contributed by atoms with van der Waals surface area (Å²) in [5.41, 5.74) is 0. The number of carboxylic acids is 2. The SMILES string of the molecule is CCCCCCC1C=CC(CCCCCCCC(=O)O)CC1C(=O)O.OCCN(CCO)CCO. The Balaban J connectivity index is 0.000000972. The van der Waals surface area contributed by atoms with Crippen LogP contribution < -0.4 is 0 Å². The minimum atomic E-state index is -0.712. The molecule has 0 saturated heterocycles. The highest BCUT2D eigenvalue weighted by molar-refractivity contribution is 5.71. The first-order valence-electron chi connectivity index (χ1n) is 13.6. The number of hydrogen-bond donors (Lipinski definition) is 5. The van der Waals surface area contributed by atoms with Crippen LogP contribution >= 0.6 is 0 Å². The summed E-state index contributed by atoms with van der Waals surface area (Å²) in [6.45, 7) is 3.95. The number of aliphatic hydroxyl groups excluding tert-OH is 3. The van der Waals surface area contributed by atoms with Gasteiger partial charge in [0.05, 0.1) is 25.7 Å². The molecule has 0 aromatic carbocycles. The Morgan fingerprint density at radius 1 is 0.771 bits per heavy atom. The Labute approximate surface area is 212 Å². The maximum Gasteiger partial charge on any atom is 0.307 e. The van der Waals surface area contributed by atoms with Crippen molar-refractivity contribution in [2.75, 3.05) is 39.5 Å². The van der Waals surface area contributed by atoms with Gasteiger partial charge in [-0.3, -0.25) is 14.5 Å². The van der Waals surface area contributed by atoms with E-state index in [4.69, 9.17) is 20.4 Å². The van der Waals surface area contributed by atoms with Crippen molar-refractivity contribution in [3.63, 3.8) is 0 Å². The van der Waals surface area contributed by atoms with E-state index in [0.717, 1.165) is 57.8 Å². The van der Waals surface area contributed by atoms with Crippen molar-refractivity contribution in [1.29, 1.82) is 0 Å². The minimum absolute atomic E-state index is 0.0694. The highest BCUT2D eigenvalue weighted by Gasteiger charge is 2.31. The molecule has 0 aromatic rings. The van der Waals surface area contributed by atoms with Gasteiger partial charge in [0, 0.05) is 26.1 Å². The fourth-order valence-corrected chi connectivity index (χ4v) is 4.59. The third kappa shape index (κ3) is 18.4. The summed E-state index contributed by atoms with van der Waals surface area (Å²) < 4.78 is 0. The monoisotopic (exact) mass is 501 g/mol. The van der Waals surface area contributed by atoms with Gasteiger partial charge in [-0.15, -0.1) is 0 Å². The summed E-state index contributed by atoms with van der Waals surface area (Å²) in [5, 5.41) is 43.6. The molecule has 3 atom stereocenters. The zero-order valence-corrected chi connectivity index (χ0v) is 21.8. The Kier molecular flexibility index (Phi) is 22.0. The molecule has 5 N–H and O–H groups in total. The molecule has 8 nitrogen and oxygen atoms in total. The van der Waals surface area contributed by atoms with Gasteiger partial charge in [0.2, 0.25) is 0 Å². The number of hydrogen-bond acceptors (Lipinski definition) is 6. The van der Waals surface area contributed by atoms with Gasteiger partial charge in [0.25, 0.3) is 0 Å². The zero-order chi connectivity index (χ0) is 26.3. The topological polar surface area (TPSA) is 139 Å². The van der Waals surface area contributed by atoms with Crippen LogP contribution in [0.3, 0.4) is 0 Å². The number of rotatable bonds is 20. The fourth-order valence-electron chi connectivity index (χ4n) is 4.59. The Morgan fingerprint density at radius 3 is 1.86 bits per heavy atom. The number of allylic oxidation sites excluding steroid dienone is 2. The van der Waals surface area contributed by atoms with Crippen LogP contribution in [0.5, 0.6) is 0 Å². The molecule has 0 saturated carbocycles. The lowest BCUT2D eigenvalue weighted by atomic mass is 9.75. The van der Waals surface area contributed by atoms with E-state index >= 15 is 0 Å². The Morgan fingerprint density at radius 2 is 1.31 bits per heavy atom. The molecule has 1 aliphatic rings. The molecule has 3 unspecified atom stereocenters. The predicted molar refractivity (Wildman–Crippen MR) is 138 cm³/mol. The largest absolute Gasteiger partial charge is 0.481 e. The standard InChI is InChI=1S/C21H36O4.C6H15NO3/c1-2-3-4-9-12-18-15-14-17(16-19(18)21(24)25)11-8-6-5-7-10-13-20(22)23;8-4-1-7(2-5-9)3-6-10/h14-15,17-19H,2-13,16H2,1H3,(H,22,23)(H,24,25);8-10H,1-6H2. The Bertz CT molecular complexity index is 541. The molecule has 0 aromatic heterocycles. The summed E-state index contributed by atoms with van der Waals surface area (Å²) >= 11 is 0. The Hall–Kier alpha value is -1.48. The number of aliphatic hydroxyl groups is 3. The average molecular weight is 502 g/mol. The number of aliphatic carboxylic acids is 2. The van der Waals surface area contributed by atoms with E-state index in [9.17, 15) is 14.7 Å². The number of unbranched alkanes of at least 4 members (excludes halogenated alkanes) is 7. The van der Waals surface area contributed by atoms with E-state index in [1.165, 1.54) is 19.3 Å². The first-order valence-corrected chi connectivity index (χ1v) is 13.6. The van der Waals surface area contributed by atoms with E-state index < -0.39 is 11.9 Å². The van der Waals surface area contributed by atoms with E-state index in [1.54, 1.807) is 4.90 Å². The third-order valence-corrected chi connectivity index (χ3v) is 6.63. The van der Waals surface area contributed by atoms with Crippen molar-refractivity contribution in [3.05, 3.63) is 12.2 Å². The van der Waals surface area contributed by atoms with Gasteiger partial charge in [-0.1, -0.05) is 70.4 Å². The highest BCUT2D eigenvalue weighted by atomic mass is 16.4. The quantitative estimate of drug-likeness (QED) is 0.125. The second-order valence-corrected chi connectivity index (χ2v) is 9.55. The molecule has 0 fully saturated rings. The molecule has 0 bridgehead atoms. The van der Waals surface area contributed by atoms with Crippen LogP contribution in [0.25, 0.3) is 0 Å². The highest BCUT2D eigenvalue weighted by Crippen LogP contribution is 2.34. The molecule has 1 aliphatic carbocycles. The lowest BCUT2D eigenvalue weighted by Gasteiger charge is -2.29. The molecular formula is C27H51NO7. The molecular weight excluding hydrogens is 450 g/mol. The van der Waals surface area contributed by atoms with Crippen molar-refractivity contribution >= 4 is 11.9 Å². The van der Waals surface area contributed by atoms with Crippen LogP contribution in [0.2, 0.25) is 0 Å². The lowest BCUT2D eigenvalue weighted by molar-refractivity contribution is -0.144. The number of carbonyl (C=O) groups is 2. The van der Waals surface area contributed by atoms with E-state index in [2.05, 4.69) is 19.1 Å². The van der Waals surface area contributed by atoms with Crippen LogP contribution in [-0.4, -0.2) is 81.8 Å². The lowest BCUT2D eigenvalue weighted by Crippen LogP contribution is -2.32. The minimum Gasteiger partial charge on any atom is -0.481 e. The fraction of sp³-hybridized carbons (Fsp3) is 0.852. The number of carboxylic acid groups (broad SMARTS) is 2. The van der Waals surface area contributed by atoms with Crippen LogP contribution in [0, 0.1) is 17.8 Å². The molecule has 206 valence electrons. The van der Waals surface area contributed by atoms with Crippen molar-refractivity contribution in [2.45, 2.75) is 90.4 Å². The molecule has 0 amide bonds. The first-order chi connectivity index (χ1) is 16.9. The van der Waals surface area contributed by atoms with Crippen LogP contribution in [0.1, 0.15) is 90.4 Å². The number of nitrogens with zero attached hydrogens (tertiary/aromatic N) is 1. The molecule has 1 rings (SSSR count). The summed E-state index contributed by atoms with van der Waals surface area (Å²) in [6, 6.07) is 0. The van der Waals surface area contributed by atoms with Crippen molar-refractivity contribution in [3.8, 4) is 0 Å². The normalized spacial score (nSPS) is 19.4. The van der Waals surface area contributed by atoms with Crippen molar-refractivity contribution in [2.24, 2.45) is 17.8 Å². The average Bonchev–Trinajstić information content (AvgIpc) is 2.82. The van der Waals surface area contributed by atoms with Crippen LogP contribution in [0.4, 0.5) is 0 Å². The van der Waals surface area contributed by atoms with Gasteiger partial charge < -0.3 is 25.5 Å². The van der Waals surface area contributed by atoms with Gasteiger partial charge in [-0.25, -0.2) is 0 Å². The van der Waals surface area contributed by atoms with Gasteiger partial charge in [0.15, 0.2) is 0 Å². The molecule has 35 heavy (non-hydrogen) atoms. The van der Waals surface area contributed by atoms with Crippen LogP contribution in [-0.2, 0) is 9.59 Å². The molecule has 8 heteroatoms. The van der Waals surface area contributed by atoms with Gasteiger partial charge in [0.1, 0.15) is 0 Å². The van der Waals surface area contributed by atoms with Gasteiger partial charge in [-0.05, 0) is 37.5 Å². The zero-order valence-electron chi connectivity index (χ0n) is 21.8. The molecule has 0 aliphatic heterocycles. The van der Waals surface area contributed by atoms with Gasteiger partial charge in [-0.2, -0.15) is 0 Å². The van der Waals surface area contributed by atoms with E-state index in [0.29, 0.717) is 25.6 Å². The van der Waals surface area contributed by atoms with E-state index in [1.807, 2.05) is 0 Å². The van der Waals surface area contributed by atoms with Crippen molar-refractivity contribution in [1.82, 2.24) is 4.90 Å². The first kappa shape index (κ1) is 33.5. The molecule has 0 heterocycles. The third-order valence-electron chi connectivity index (χ3n) is 6.63. The summed E-state index contributed by atoms with van der Waals surface area (Å²) in [5.74, 6) is -0.958. The van der Waals surface area contributed by atoms with Crippen molar-refractivity contribution < 1.29 is 35.1 Å². The molecule has 0 radical (unpaired) electrons. The molecule has 0 spiro atoms. The maximum absolute atomic E-state index is 11.6. The summed E-state index contributed by atoms with van der Waals surface area (Å²) in [6.07, 6.45) is 17.4. The second-order valence-electron chi connectivity index (χ2n) is 9.55. The maximum atomic E-state index is 11.6. The van der Waals surface area contributed by atoms with Gasteiger partial charge >= 0.3 is 11.9 Å².